The highest BCUT2D eigenvalue weighted by molar-refractivity contribution is 6.31. The third-order valence-electron chi connectivity index (χ3n) is 3.33. The number of nitrogens with one attached hydrogen (secondary N) is 1. The van der Waals surface area contributed by atoms with Crippen molar-refractivity contribution in [3.8, 4) is 5.88 Å². The van der Waals surface area contributed by atoms with Gasteiger partial charge in [-0.2, -0.15) is 13.2 Å². The number of alkyl halides is 3. The van der Waals surface area contributed by atoms with Gasteiger partial charge in [0.2, 0.25) is 5.88 Å². The number of para-hydroxylation sites is 1. The third-order valence-corrected chi connectivity index (χ3v) is 3.60. The average molecular weight is 403 g/mol. The van der Waals surface area contributed by atoms with E-state index in [1.165, 1.54) is 0 Å². The Kier molecular flexibility index (Phi) is 7.26. The smallest absolute Gasteiger partial charge is 0.417 e. The van der Waals surface area contributed by atoms with Crippen molar-refractivity contribution in [3.63, 3.8) is 0 Å². The number of pyridine rings is 1. The van der Waals surface area contributed by atoms with Gasteiger partial charge in [-0.05, 0) is 12.1 Å². The lowest BCUT2D eigenvalue weighted by atomic mass is 10.2. The summed E-state index contributed by atoms with van der Waals surface area (Å²) in [6.07, 6.45) is -3.86. The van der Waals surface area contributed by atoms with Crippen LogP contribution in [0.1, 0.15) is 11.1 Å². The topological polar surface area (TPSA) is 81.8 Å². The number of halogens is 4. The Bertz CT molecular complexity index is 800. The Labute approximate surface area is 159 Å². The molecular formula is C17H18ClF3N4O2. The predicted molar refractivity (Wildman–Crippen MR) is 97.0 cm³/mol. The van der Waals surface area contributed by atoms with Gasteiger partial charge < -0.3 is 20.5 Å². The van der Waals surface area contributed by atoms with Crippen LogP contribution in [0, 0.1) is 0 Å². The van der Waals surface area contributed by atoms with Crippen LogP contribution in [0.25, 0.3) is 0 Å². The first kappa shape index (κ1) is 20.8. The van der Waals surface area contributed by atoms with Crippen LogP contribution >= 0.6 is 11.6 Å². The molecule has 0 aliphatic rings. The molecule has 0 aliphatic carbocycles. The molecule has 146 valence electrons. The van der Waals surface area contributed by atoms with E-state index in [4.69, 9.17) is 26.8 Å². The number of hydrogen-bond acceptors (Lipinski definition) is 4. The standard InChI is InChI=1S/C17H18ClF3N4O2/c1-26-10-11-4-2-3-5-14(11)25-16(22)23-6-7-27-15-13(18)8-12(9-24-15)17(19,20)21/h2-5,8-9H,6-7,10H2,1H3,(H3,22,23,25). The minimum Gasteiger partial charge on any atom is -0.475 e. The number of anilines is 1. The van der Waals surface area contributed by atoms with E-state index in [9.17, 15) is 13.2 Å². The number of nitrogens with two attached hydrogens (primary N) is 1. The second kappa shape index (κ2) is 9.43. The molecule has 0 amide bonds. The molecule has 1 aromatic carbocycles. The second-order valence-electron chi connectivity index (χ2n) is 5.34. The first-order chi connectivity index (χ1) is 12.8. The number of hydrogen-bond donors (Lipinski definition) is 2. The zero-order valence-electron chi connectivity index (χ0n) is 14.4. The third kappa shape index (κ3) is 6.30. The fourth-order valence-corrected chi connectivity index (χ4v) is 2.32. The summed E-state index contributed by atoms with van der Waals surface area (Å²) in [6, 6.07) is 8.20. The van der Waals surface area contributed by atoms with Crippen LogP contribution in [0.5, 0.6) is 5.88 Å². The van der Waals surface area contributed by atoms with Gasteiger partial charge in [0.1, 0.15) is 11.6 Å². The molecule has 0 unspecified atom stereocenters. The van der Waals surface area contributed by atoms with Crippen LogP contribution in [-0.2, 0) is 17.5 Å². The van der Waals surface area contributed by atoms with Crippen LogP contribution in [0.3, 0.4) is 0 Å². The van der Waals surface area contributed by atoms with Gasteiger partial charge >= 0.3 is 6.18 Å². The summed E-state index contributed by atoms with van der Waals surface area (Å²) in [5, 5.41) is 2.73. The number of aliphatic imine (C=N–C) groups is 1. The molecule has 0 bridgehead atoms. The highest BCUT2D eigenvalue weighted by atomic mass is 35.5. The van der Waals surface area contributed by atoms with E-state index in [1.807, 2.05) is 24.3 Å². The molecule has 10 heteroatoms. The fourth-order valence-electron chi connectivity index (χ4n) is 2.10. The van der Waals surface area contributed by atoms with E-state index < -0.39 is 11.7 Å². The molecule has 0 radical (unpaired) electrons. The first-order valence-electron chi connectivity index (χ1n) is 7.80. The molecule has 0 fully saturated rings. The van der Waals surface area contributed by atoms with Gasteiger partial charge in [-0.3, -0.25) is 0 Å². The molecule has 1 heterocycles. The number of aromatic nitrogens is 1. The van der Waals surface area contributed by atoms with E-state index in [2.05, 4.69) is 15.3 Å². The number of ether oxygens (including phenoxy) is 2. The molecule has 6 nitrogen and oxygen atoms in total. The lowest BCUT2D eigenvalue weighted by Crippen LogP contribution is -2.24. The Morgan fingerprint density at radius 1 is 1.33 bits per heavy atom. The SMILES string of the molecule is COCc1ccccc1NC(N)=NCCOc1ncc(C(F)(F)F)cc1Cl. The molecule has 1 aromatic heterocycles. The van der Waals surface area contributed by atoms with E-state index in [1.54, 1.807) is 7.11 Å². The number of benzene rings is 1. The maximum absolute atomic E-state index is 12.6. The number of nitrogens with zero attached hydrogens (tertiary/aromatic N) is 2. The largest absolute Gasteiger partial charge is 0.475 e. The lowest BCUT2D eigenvalue weighted by molar-refractivity contribution is -0.137. The van der Waals surface area contributed by atoms with Gasteiger partial charge in [-0.15, -0.1) is 0 Å². The minimum absolute atomic E-state index is 0.0418. The Morgan fingerprint density at radius 3 is 2.74 bits per heavy atom. The summed E-state index contributed by atoms with van der Waals surface area (Å²) >= 11 is 5.76. The van der Waals surface area contributed by atoms with Gasteiger partial charge in [0.05, 0.1) is 18.7 Å². The predicted octanol–water partition coefficient (Wildman–Crippen LogP) is 3.71. The van der Waals surface area contributed by atoms with Crippen molar-refractivity contribution in [2.24, 2.45) is 10.7 Å². The summed E-state index contributed by atoms with van der Waals surface area (Å²) < 4.78 is 48.0. The van der Waals surface area contributed by atoms with Crippen LogP contribution in [-0.4, -0.2) is 31.2 Å². The molecule has 2 rings (SSSR count). The Morgan fingerprint density at radius 2 is 2.07 bits per heavy atom. The molecule has 0 atom stereocenters. The quantitative estimate of drug-likeness (QED) is 0.419. The molecule has 0 saturated carbocycles. The molecule has 27 heavy (non-hydrogen) atoms. The molecular weight excluding hydrogens is 385 g/mol. The highest BCUT2D eigenvalue weighted by Gasteiger charge is 2.31. The fraction of sp³-hybridized carbons (Fsp3) is 0.294. The van der Waals surface area contributed by atoms with Crippen molar-refractivity contribution in [2.45, 2.75) is 12.8 Å². The van der Waals surface area contributed by atoms with Crippen LogP contribution < -0.4 is 15.8 Å². The van der Waals surface area contributed by atoms with Crippen molar-refractivity contribution < 1.29 is 22.6 Å². The average Bonchev–Trinajstić information content (AvgIpc) is 2.61. The Balaban J connectivity index is 1.89. The summed E-state index contributed by atoms with van der Waals surface area (Å²) in [5.41, 5.74) is 6.55. The second-order valence-corrected chi connectivity index (χ2v) is 5.75. The van der Waals surface area contributed by atoms with E-state index in [0.717, 1.165) is 17.3 Å². The molecule has 0 spiro atoms. The Hall–Kier alpha value is -2.52. The summed E-state index contributed by atoms with van der Waals surface area (Å²) in [6.45, 7) is 0.613. The van der Waals surface area contributed by atoms with Crippen molar-refractivity contribution in [2.75, 3.05) is 25.6 Å². The maximum atomic E-state index is 12.6. The lowest BCUT2D eigenvalue weighted by Gasteiger charge is -2.11. The summed E-state index contributed by atoms with van der Waals surface area (Å²) in [5.74, 6) is 0.0606. The first-order valence-corrected chi connectivity index (χ1v) is 8.18. The summed E-state index contributed by atoms with van der Waals surface area (Å²) in [4.78, 5) is 7.67. The van der Waals surface area contributed by atoms with Crippen molar-refractivity contribution >= 4 is 23.2 Å². The van der Waals surface area contributed by atoms with Gasteiger partial charge in [0.25, 0.3) is 0 Å². The maximum Gasteiger partial charge on any atom is 0.417 e. The molecule has 3 N–H and O–H groups in total. The minimum atomic E-state index is -4.52. The van der Waals surface area contributed by atoms with Crippen molar-refractivity contribution in [1.29, 1.82) is 0 Å². The zero-order valence-corrected chi connectivity index (χ0v) is 15.1. The van der Waals surface area contributed by atoms with E-state index in [0.29, 0.717) is 12.8 Å². The van der Waals surface area contributed by atoms with Gasteiger partial charge in [-0.25, -0.2) is 9.98 Å². The monoisotopic (exact) mass is 402 g/mol. The number of guanidine groups is 1. The summed E-state index contributed by atoms with van der Waals surface area (Å²) in [7, 11) is 1.59. The van der Waals surface area contributed by atoms with Gasteiger partial charge in [0.15, 0.2) is 5.96 Å². The molecule has 0 aliphatic heterocycles. The zero-order chi connectivity index (χ0) is 19.9. The van der Waals surface area contributed by atoms with Gasteiger partial charge in [-0.1, -0.05) is 29.8 Å². The number of rotatable bonds is 7. The number of methoxy groups -OCH3 is 1. The van der Waals surface area contributed by atoms with Crippen molar-refractivity contribution in [1.82, 2.24) is 4.98 Å². The van der Waals surface area contributed by atoms with E-state index >= 15 is 0 Å². The molecule has 0 saturated heterocycles. The van der Waals surface area contributed by atoms with Crippen molar-refractivity contribution in [3.05, 3.63) is 52.7 Å². The normalized spacial score (nSPS) is 12.1. The van der Waals surface area contributed by atoms with Crippen LogP contribution in [0.15, 0.2) is 41.5 Å². The molecule has 2 aromatic rings. The van der Waals surface area contributed by atoms with Gasteiger partial charge in [0, 0.05) is 24.6 Å². The van der Waals surface area contributed by atoms with Crippen LogP contribution in [0.2, 0.25) is 5.02 Å². The highest BCUT2D eigenvalue weighted by Crippen LogP contribution is 2.33. The van der Waals surface area contributed by atoms with Crippen LogP contribution in [0.4, 0.5) is 18.9 Å². The van der Waals surface area contributed by atoms with E-state index in [-0.39, 0.29) is 30.0 Å².